The Morgan fingerprint density at radius 2 is 1.85 bits per heavy atom. The molecule has 0 saturated heterocycles. The summed E-state index contributed by atoms with van der Waals surface area (Å²) in [6, 6.07) is 23.4. The first-order valence-electron chi connectivity index (χ1n) is 10.6. The van der Waals surface area contributed by atoms with Crippen molar-refractivity contribution in [3.63, 3.8) is 0 Å². The average Bonchev–Trinajstić information content (AvgIpc) is 3.46. The maximum atomic E-state index is 12.6. The maximum absolute atomic E-state index is 12.6. The van der Waals surface area contributed by atoms with E-state index >= 15 is 0 Å². The third kappa shape index (κ3) is 4.63. The number of para-hydroxylation sites is 1. The summed E-state index contributed by atoms with van der Waals surface area (Å²) in [6.07, 6.45) is 1.73. The molecular weight excluding hydrogens is 432 g/mol. The standard InChI is InChI=1S/C26H22N4O2S/c1-17-7-12-21-24(15-17)33-26(28-21)19-8-10-20(11-9-19)27-25(31)22-13-14-30(29-22)16-32-23-6-4-3-5-18(23)2/h3-15H,16H2,1-2H3,(H,27,31). The van der Waals surface area contributed by atoms with Crippen LogP contribution in [0.25, 0.3) is 20.8 Å². The highest BCUT2D eigenvalue weighted by molar-refractivity contribution is 7.21. The van der Waals surface area contributed by atoms with Crippen LogP contribution in [0.2, 0.25) is 0 Å². The second kappa shape index (κ2) is 8.88. The van der Waals surface area contributed by atoms with Gasteiger partial charge in [0.05, 0.1) is 10.2 Å². The molecule has 0 aliphatic rings. The number of hydrogen-bond acceptors (Lipinski definition) is 5. The summed E-state index contributed by atoms with van der Waals surface area (Å²) in [5, 5.41) is 8.17. The first-order chi connectivity index (χ1) is 16.0. The molecule has 2 aromatic heterocycles. The van der Waals surface area contributed by atoms with Crippen molar-refractivity contribution in [2.75, 3.05) is 5.32 Å². The average molecular weight is 455 g/mol. The van der Waals surface area contributed by atoms with Gasteiger partial charge in [-0.25, -0.2) is 9.67 Å². The van der Waals surface area contributed by atoms with Crippen molar-refractivity contribution in [3.8, 4) is 16.3 Å². The van der Waals surface area contributed by atoms with Crippen LogP contribution in [0.15, 0.2) is 79.0 Å². The topological polar surface area (TPSA) is 69.0 Å². The van der Waals surface area contributed by atoms with Crippen LogP contribution in [-0.4, -0.2) is 20.7 Å². The Balaban J connectivity index is 1.23. The molecular formula is C26H22N4O2S. The van der Waals surface area contributed by atoms with Crippen LogP contribution in [0.5, 0.6) is 5.75 Å². The van der Waals surface area contributed by atoms with Crippen molar-refractivity contribution in [2.24, 2.45) is 0 Å². The molecule has 0 aliphatic carbocycles. The fourth-order valence-corrected chi connectivity index (χ4v) is 4.52. The van der Waals surface area contributed by atoms with E-state index in [4.69, 9.17) is 9.72 Å². The highest BCUT2D eigenvalue weighted by Crippen LogP contribution is 2.31. The predicted molar refractivity (Wildman–Crippen MR) is 132 cm³/mol. The Labute approximate surface area is 195 Å². The molecule has 2 heterocycles. The van der Waals surface area contributed by atoms with Crippen LogP contribution in [0.1, 0.15) is 21.6 Å². The van der Waals surface area contributed by atoms with Gasteiger partial charge in [0.25, 0.3) is 5.91 Å². The van der Waals surface area contributed by atoms with Crippen molar-refractivity contribution in [1.29, 1.82) is 0 Å². The molecule has 0 unspecified atom stereocenters. The first kappa shape index (κ1) is 20.9. The van der Waals surface area contributed by atoms with Gasteiger partial charge >= 0.3 is 0 Å². The number of carbonyl (C=O) groups is 1. The molecule has 0 fully saturated rings. The van der Waals surface area contributed by atoms with Gasteiger partial charge < -0.3 is 10.1 Å². The van der Waals surface area contributed by atoms with Crippen molar-refractivity contribution in [2.45, 2.75) is 20.6 Å². The van der Waals surface area contributed by atoms with Gasteiger partial charge in [-0.3, -0.25) is 4.79 Å². The molecule has 0 atom stereocenters. The number of aryl methyl sites for hydroxylation is 2. The molecule has 5 aromatic rings. The number of aromatic nitrogens is 3. The monoisotopic (exact) mass is 454 g/mol. The van der Waals surface area contributed by atoms with Crippen molar-refractivity contribution < 1.29 is 9.53 Å². The molecule has 0 spiro atoms. The number of hydrogen-bond donors (Lipinski definition) is 1. The molecule has 33 heavy (non-hydrogen) atoms. The number of thiazole rings is 1. The van der Waals surface area contributed by atoms with Crippen molar-refractivity contribution in [3.05, 3.63) is 95.8 Å². The number of rotatable bonds is 6. The molecule has 3 aromatic carbocycles. The third-order valence-corrected chi connectivity index (χ3v) is 6.32. The third-order valence-electron chi connectivity index (χ3n) is 5.25. The van der Waals surface area contributed by atoms with Crippen LogP contribution in [0.4, 0.5) is 5.69 Å². The predicted octanol–water partition coefficient (Wildman–Crippen LogP) is 6.07. The number of ether oxygens (including phenoxy) is 1. The number of nitrogens with zero attached hydrogens (tertiary/aromatic N) is 3. The number of carbonyl (C=O) groups excluding carboxylic acids is 1. The summed E-state index contributed by atoms with van der Waals surface area (Å²) in [5.41, 5.74) is 5.32. The minimum absolute atomic E-state index is 0.231. The van der Waals surface area contributed by atoms with E-state index in [0.717, 1.165) is 27.4 Å². The summed E-state index contributed by atoms with van der Waals surface area (Å²) in [7, 11) is 0. The van der Waals surface area contributed by atoms with E-state index in [-0.39, 0.29) is 12.6 Å². The number of amides is 1. The van der Waals surface area contributed by atoms with Crippen LogP contribution in [0.3, 0.4) is 0 Å². The molecule has 164 valence electrons. The second-order valence-electron chi connectivity index (χ2n) is 7.80. The normalized spacial score (nSPS) is 11.0. The molecule has 0 radical (unpaired) electrons. The molecule has 1 amide bonds. The lowest BCUT2D eigenvalue weighted by Gasteiger charge is -2.08. The lowest BCUT2D eigenvalue weighted by atomic mass is 10.2. The van der Waals surface area contributed by atoms with Crippen molar-refractivity contribution >= 4 is 33.1 Å². The van der Waals surface area contributed by atoms with E-state index in [1.165, 1.54) is 10.3 Å². The van der Waals surface area contributed by atoms with Crippen LogP contribution in [0, 0.1) is 13.8 Å². The minimum Gasteiger partial charge on any atom is -0.471 e. The Hall–Kier alpha value is -3.97. The van der Waals surface area contributed by atoms with Crippen LogP contribution in [-0.2, 0) is 6.73 Å². The second-order valence-corrected chi connectivity index (χ2v) is 8.83. The zero-order chi connectivity index (χ0) is 22.8. The quantitative estimate of drug-likeness (QED) is 0.338. The van der Waals surface area contributed by atoms with Gasteiger partial charge in [-0.1, -0.05) is 24.3 Å². The number of anilines is 1. The number of benzene rings is 3. The van der Waals surface area contributed by atoms with E-state index in [0.29, 0.717) is 11.4 Å². The largest absolute Gasteiger partial charge is 0.471 e. The van der Waals surface area contributed by atoms with Gasteiger partial charge in [-0.05, 0) is 73.5 Å². The Morgan fingerprint density at radius 1 is 1.03 bits per heavy atom. The van der Waals surface area contributed by atoms with E-state index < -0.39 is 0 Å². The Bertz CT molecular complexity index is 1440. The fourth-order valence-electron chi connectivity index (χ4n) is 3.46. The lowest BCUT2D eigenvalue weighted by molar-refractivity contribution is 0.102. The van der Waals surface area contributed by atoms with Gasteiger partial charge in [0.2, 0.25) is 0 Å². The molecule has 7 heteroatoms. The fraction of sp³-hybridized carbons (Fsp3) is 0.115. The zero-order valence-corrected chi connectivity index (χ0v) is 19.1. The van der Waals surface area contributed by atoms with Crippen molar-refractivity contribution in [1.82, 2.24) is 14.8 Å². The Morgan fingerprint density at radius 3 is 2.67 bits per heavy atom. The highest BCUT2D eigenvalue weighted by Gasteiger charge is 2.11. The van der Waals surface area contributed by atoms with Gasteiger partial charge in [0.1, 0.15) is 10.8 Å². The first-order valence-corrected chi connectivity index (χ1v) is 11.4. The molecule has 1 N–H and O–H groups in total. The van der Waals surface area contributed by atoms with E-state index in [2.05, 4.69) is 29.5 Å². The SMILES string of the molecule is Cc1ccc2nc(-c3ccc(NC(=O)c4ccn(COc5ccccc5C)n4)cc3)sc2c1. The number of fused-ring (bicyclic) bond motifs is 1. The number of nitrogens with one attached hydrogen (secondary N) is 1. The maximum Gasteiger partial charge on any atom is 0.276 e. The molecule has 5 rings (SSSR count). The summed E-state index contributed by atoms with van der Waals surface area (Å²) >= 11 is 1.66. The lowest BCUT2D eigenvalue weighted by Crippen LogP contribution is -2.14. The van der Waals surface area contributed by atoms with E-state index in [1.54, 1.807) is 28.3 Å². The van der Waals surface area contributed by atoms with E-state index in [9.17, 15) is 4.79 Å². The Kier molecular flexibility index (Phi) is 5.62. The molecule has 0 saturated carbocycles. The van der Waals surface area contributed by atoms with Gasteiger partial charge in [-0.15, -0.1) is 11.3 Å². The minimum atomic E-state index is -0.271. The molecule has 0 aliphatic heterocycles. The summed E-state index contributed by atoms with van der Waals surface area (Å²) in [4.78, 5) is 17.3. The van der Waals surface area contributed by atoms with Crippen LogP contribution >= 0.6 is 11.3 Å². The van der Waals surface area contributed by atoms with E-state index in [1.807, 2.05) is 61.5 Å². The van der Waals surface area contributed by atoms with Gasteiger partial charge in [0.15, 0.2) is 12.4 Å². The summed E-state index contributed by atoms with van der Waals surface area (Å²) in [6.45, 7) is 4.30. The van der Waals surface area contributed by atoms with Gasteiger partial charge in [0, 0.05) is 17.4 Å². The highest BCUT2D eigenvalue weighted by atomic mass is 32.1. The molecule has 6 nitrogen and oxygen atoms in total. The molecule has 0 bridgehead atoms. The zero-order valence-electron chi connectivity index (χ0n) is 18.3. The summed E-state index contributed by atoms with van der Waals surface area (Å²) < 4.78 is 8.55. The smallest absolute Gasteiger partial charge is 0.276 e. The van der Waals surface area contributed by atoms with Gasteiger partial charge in [-0.2, -0.15) is 5.10 Å². The van der Waals surface area contributed by atoms with Crippen LogP contribution < -0.4 is 10.1 Å². The summed E-state index contributed by atoms with van der Waals surface area (Å²) in [5.74, 6) is 0.523.